The highest BCUT2D eigenvalue weighted by molar-refractivity contribution is 9.10. The van der Waals surface area contributed by atoms with Crippen molar-refractivity contribution in [3.63, 3.8) is 0 Å². The highest BCUT2D eigenvalue weighted by Gasteiger charge is 2.31. The summed E-state index contributed by atoms with van der Waals surface area (Å²) >= 11 is 11.0. The molecule has 0 spiro atoms. The van der Waals surface area contributed by atoms with Gasteiger partial charge >= 0.3 is 6.09 Å². The van der Waals surface area contributed by atoms with Crippen LogP contribution in [0, 0.1) is 5.82 Å². The molecule has 186 valence electrons. The summed E-state index contributed by atoms with van der Waals surface area (Å²) in [5.41, 5.74) is 0.181. The number of halogens is 3. The molecule has 0 fully saturated rings. The molecule has 2 aromatic heterocycles. The lowest BCUT2D eigenvalue weighted by Crippen LogP contribution is -2.32. The van der Waals surface area contributed by atoms with Crippen molar-refractivity contribution in [2.75, 3.05) is 29.6 Å². The summed E-state index contributed by atoms with van der Waals surface area (Å²) in [6.07, 6.45) is 2.80. The first kappa shape index (κ1) is 25.7. The summed E-state index contributed by atoms with van der Waals surface area (Å²) in [6.45, 7) is 8.01. The van der Waals surface area contributed by atoms with E-state index in [9.17, 15) is 4.79 Å². The minimum Gasteiger partial charge on any atom is -0.489 e. The maximum Gasteiger partial charge on any atom is 0.413 e. The average molecular weight is 585 g/mol. The Balaban J connectivity index is 1.83. The fraction of sp³-hybridized carbons (Fsp3) is 0.391. The molecule has 1 atom stereocenters. The summed E-state index contributed by atoms with van der Waals surface area (Å²) in [7, 11) is 0. The second-order valence-corrected chi connectivity index (χ2v) is 10.8. The third kappa shape index (κ3) is 5.12. The highest BCUT2D eigenvalue weighted by atomic mass is 79.9. The highest BCUT2D eigenvalue weighted by Crippen LogP contribution is 2.47. The molecule has 35 heavy (non-hydrogen) atoms. The van der Waals surface area contributed by atoms with Gasteiger partial charge in [-0.05, 0) is 55.9 Å². The van der Waals surface area contributed by atoms with Crippen LogP contribution in [0.25, 0.3) is 10.9 Å². The van der Waals surface area contributed by atoms with E-state index >= 15 is 4.39 Å². The van der Waals surface area contributed by atoms with E-state index in [1.54, 1.807) is 33.0 Å². The molecule has 1 aliphatic rings. The Labute approximate surface area is 220 Å². The molecule has 12 heteroatoms. The Morgan fingerprint density at radius 1 is 1.40 bits per heavy atom. The number of carbonyl (C=O) groups is 1. The van der Waals surface area contributed by atoms with Crippen LogP contribution in [0.3, 0.4) is 0 Å². The molecule has 3 aromatic rings. The van der Waals surface area contributed by atoms with Gasteiger partial charge in [-0.2, -0.15) is 0 Å². The molecular weight excluding hydrogens is 561 g/mol. The SMILES string of the molecule is CSc1nc2c3c(c(Cl)c(Br)c(F)c3n1)OCCN2C(C)c1cccnc1NC(=O)OC(C)(C)C. The van der Waals surface area contributed by atoms with Gasteiger partial charge in [0.2, 0.25) is 0 Å². The molecule has 1 amide bonds. The van der Waals surface area contributed by atoms with Crippen LogP contribution in [0.4, 0.5) is 20.8 Å². The number of hydrogen-bond donors (Lipinski definition) is 1. The largest absolute Gasteiger partial charge is 0.489 e. The fourth-order valence-corrected chi connectivity index (χ4v) is 4.76. The Kier molecular flexibility index (Phi) is 7.31. The molecule has 4 rings (SSSR count). The van der Waals surface area contributed by atoms with E-state index < -0.39 is 17.5 Å². The normalized spacial score (nSPS) is 14.3. The number of thioether (sulfide) groups is 1. The predicted octanol–water partition coefficient (Wildman–Crippen LogP) is 6.61. The quantitative estimate of drug-likeness (QED) is 0.208. The van der Waals surface area contributed by atoms with Crippen molar-refractivity contribution < 1.29 is 18.7 Å². The molecular formula is C23H24BrClFN5O3S. The standard InChI is InChI=1S/C23H24BrClFN5O3S/c1-11(12-7-6-8-27-19(12)29-22(32)34-23(2,3)4)31-9-10-33-18-13-17(16(26)14(24)15(18)25)28-21(35-5)30-20(13)31/h6-8,11H,9-10H2,1-5H3,(H,27,29,32). The maximum absolute atomic E-state index is 15.2. The molecule has 1 N–H and O–H groups in total. The summed E-state index contributed by atoms with van der Waals surface area (Å²) < 4.78 is 26.7. The first-order chi connectivity index (χ1) is 16.5. The number of hydrogen-bond acceptors (Lipinski definition) is 8. The van der Waals surface area contributed by atoms with E-state index in [0.717, 1.165) is 5.56 Å². The van der Waals surface area contributed by atoms with Gasteiger partial charge in [0.1, 0.15) is 34.4 Å². The van der Waals surface area contributed by atoms with Crippen LogP contribution in [-0.2, 0) is 4.74 Å². The van der Waals surface area contributed by atoms with E-state index in [1.807, 2.05) is 24.1 Å². The summed E-state index contributed by atoms with van der Waals surface area (Å²) in [5, 5.41) is 3.66. The summed E-state index contributed by atoms with van der Waals surface area (Å²) in [4.78, 5) is 27.9. The lowest BCUT2D eigenvalue weighted by molar-refractivity contribution is 0.0635. The molecule has 0 aliphatic carbocycles. The molecule has 0 saturated carbocycles. The van der Waals surface area contributed by atoms with Crippen molar-refractivity contribution in [2.45, 2.75) is 44.5 Å². The fourth-order valence-electron chi connectivity index (χ4n) is 3.80. The second kappa shape index (κ2) is 9.94. The zero-order valence-corrected chi connectivity index (χ0v) is 22.9. The molecule has 8 nitrogen and oxygen atoms in total. The van der Waals surface area contributed by atoms with Crippen LogP contribution in [0.15, 0.2) is 28.0 Å². The smallest absolute Gasteiger partial charge is 0.413 e. The minimum atomic E-state index is -0.658. The van der Waals surface area contributed by atoms with Gasteiger partial charge in [-0.3, -0.25) is 5.32 Å². The van der Waals surface area contributed by atoms with Gasteiger partial charge in [0.25, 0.3) is 0 Å². The number of aromatic nitrogens is 3. The Hall–Kier alpha value is -2.37. The Bertz CT molecular complexity index is 1310. The number of rotatable bonds is 4. The van der Waals surface area contributed by atoms with Gasteiger partial charge in [-0.25, -0.2) is 24.1 Å². The van der Waals surface area contributed by atoms with E-state index in [-0.39, 0.29) is 27.7 Å². The third-order valence-electron chi connectivity index (χ3n) is 5.30. The number of amides is 1. The van der Waals surface area contributed by atoms with Crippen LogP contribution in [0.5, 0.6) is 5.75 Å². The first-order valence-electron chi connectivity index (χ1n) is 10.8. The zero-order valence-electron chi connectivity index (χ0n) is 19.8. The number of nitrogens with zero attached hydrogens (tertiary/aromatic N) is 4. The van der Waals surface area contributed by atoms with Crippen LogP contribution in [-0.4, -0.2) is 46.1 Å². The first-order valence-corrected chi connectivity index (χ1v) is 13.2. The van der Waals surface area contributed by atoms with Gasteiger partial charge in [0.15, 0.2) is 16.7 Å². The molecule has 0 bridgehead atoms. The van der Waals surface area contributed by atoms with Crippen LogP contribution < -0.4 is 15.0 Å². The number of pyridine rings is 1. The van der Waals surface area contributed by atoms with E-state index in [0.29, 0.717) is 34.5 Å². The third-order valence-corrected chi connectivity index (χ3v) is 7.18. The molecule has 3 heterocycles. The van der Waals surface area contributed by atoms with Gasteiger partial charge in [0.05, 0.1) is 22.4 Å². The van der Waals surface area contributed by atoms with E-state index in [2.05, 4.69) is 31.2 Å². The molecule has 0 saturated heterocycles. The maximum atomic E-state index is 15.2. The van der Waals surface area contributed by atoms with Crippen LogP contribution >= 0.6 is 39.3 Å². The van der Waals surface area contributed by atoms with Crippen LogP contribution in [0.2, 0.25) is 5.02 Å². The number of nitrogens with one attached hydrogen (secondary N) is 1. The van der Waals surface area contributed by atoms with Crippen molar-refractivity contribution in [3.05, 3.63) is 39.2 Å². The predicted molar refractivity (Wildman–Crippen MR) is 139 cm³/mol. The van der Waals surface area contributed by atoms with Crippen molar-refractivity contribution >= 4 is 67.9 Å². The van der Waals surface area contributed by atoms with E-state index in [1.165, 1.54) is 11.8 Å². The summed E-state index contributed by atoms with van der Waals surface area (Å²) in [6, 6.07) is 3.31. The van der Waals surface area contributed by atoms with Gasteiger partial charge < -0.3 is 14.4 Å². The zero-order chi connectivity index (χ0) is 25.5. The number of anilines is 2. The monoisotopic (exact) mass is 583 g/mol. The van der Waals surface area contributed by atoms with E-state index in [4.69, 9.17) is 26.1 Å². The van der Waals surface area contributed by atoms with Gasteiger partial charge in [0, 0.05) is 11.8 Å². The van der Waals surface area contributed by atoms with Crippen molar-refractivity contribution in [2.24, 2.45) is 0 Å². The Morgan fingerprint density at radius 2 is 2.14 bits per heavy atom. The average Bonchev–Trinajstić information content (AvgIpc) is 2.99. The van der Waals surface area contributed by atoms with Crippen molar-refractivity contribution in [1.29, 1.82) is 0 Å². The van der Waals surface area contributed by atoms with Gasteiger partial charge in [-0.1, -0.05) is 29.4 Å². The summed E-state index contributed by atoms with van der Waals surface area (Å²) in [5.74, 6) is 0.583. The number of ether oxygens (including phenoxy) is 2. The Morgan fingerprint density at radius 3 is 2.83 bits per heavy atom. The molecule has 1 unspecified atom stereocenters. The number of benzene rings is 1. The lowest BCUT2D eigenvalue weighted by atomic mass is 10.1. The van der Waals surface area contributed by atoms with Crippen molar-refractivity contribution in [1.82, 2.24) is 15.0 Å². The lowest BCUT2D eigenvalue weighted by Gasteiger charge is -2.31. The molecule has 0 radical (unpaired) electrons. The second-order valence-electron chi connectivity index (χ2n) is 8.81. The van der Waals surface area contributed by atoms with Crippen molar-refractivity contribution in [3.8, 4) is 5.75 Å². The topological polar surface area (TPSA) is 89.5 Å². The molecule has 1 aromatic carbocycles. The van der Waals surface area contributed by atoms with Gasteiger partial charge in [-0.15, -0.1) is 0 Å². The molecule has 1 aliphatic heterocycles. The minimum absolute atomic E-state index is 0.0935. The number of carbonyl (C=O) groups excluding carboxylic acids is 1. The van der Waals surface area contributed by atoms with Crippen LogP contribution in [0.1, 0.15) is 39.3 Å².